The first kappa shape index (κ1) is 17.1. The van der Waals surface area contributed by atoms with Crippen LogP contribution in [-0.4, -0.2) is 18.5 Å². The average Bonchev–Trinajstić information content (AvgIpc) is 2.49. The van der Waals surface area contributed by atoms with E-state index in [1.165, 1.54) is 0 Å². The molecule has 1 amide bonds. The second-order valence-corrected chi connectivity index (χ2v) is 6.14. The van der Waals surface area contributed by atoms with Gasteiger partial charge in [-0.05, 0) is 49.4 Å². The number of rotatable bonds is 4. The maximum Gasteiger partial charge on any atom is 0.260 e. The Balaban J connectivity index is 2.45. The van der Waals surface area contributed by atoms with Crippen molar-refractivity contribution in [1.82, 2.24) is 0 Å². The van der Waals surface area contributed by atoms with Gasteiger partial charge in [0.05, 0.1) is 10.6 Å². The van der Waals surface area contributed by atoms with Gasteiger partial charge in [0, 0.05) is 28.3 Å². The zero-order valence-electron chi connectivity index (χ0n) is 11.9. The minimum absolute atomic E-state index is 0.194. The third kappa shape index (κ3) is 3.73. The number of carbonyl (C=O) groups is 1. The number of carbonyl (C=O) groups excluding carboxylic acids is 1. The predicted octanol–water partition coefficient (Wildman–Crippen LogP) is 4.64. The predicted molar refractivity (Wildman–Crippen MR) is 93.2 cm³/mol. The number of hydrogen-bond donors (Lipinski definition) is 1. The van der Waals surface area contributed by atoms with Gasteiger partial charge in [-0.15, -0.1) is 0 Å². The van der Waals surface area contributed by atoms with Gasteiger partial charge in [-0.2, -0.15) is 0 Å². The van der Waals surface area contributed by atoms with Crippen molar-refractivity contribution in [1.29, 1.82) is 0 Å². The molecule has 0 bridgehead atoms. The molecule has 116 valence electrons. The second kappa shape index (κ2) is 7.34. The standard InChI is InChI=1S/C16H15Cl3N2O/c1-10(9-20)21(13-5-2-11(17)3-6-13)16(22)14-7-4-12(18)8-15(14)19/h2-8,10H,9,20H2,1H3. The van der Waals surface area contributed by atoms with Gasteiger partial charge in [0.1, 0.15) is 0 Å². The molecule has 0 aromatic heterocycles. The lowest BCUT2D eigenvalue weighted by atomic mass is 10.1. The molecule has 1 unspecified atom stereocenters. The van der Waals surface area contributed by atoms with Crippen LogP contribution in [0.3, 0.4) is 0 Å². The summed E-state index contributed by atoms with van der Waals surface area (Å²) in [5.74, 6) is -0.234. The largest absolute Gasteiger partial charge is 0.328 e. The van der Waals surface area contributed by atoms with Crippen LogP contribution in [0.15, 0.2) is 42.5 Å². The van der Waals surface area contributed by atoms with Crippen LogP contribution in [0.5, 0.6) is 0 Å². The molecule has 0 aliphatic carbocycles. The van der Waals surface area contributed by atoms with Crippen LogP contribution in [0.1, 0.15) is 17.3 Å². The van der Waals surface area contributed by atoms with E-state index in [0.717, 1.165) is 0 Å². The molecule has 2 aromatic rings. The topological polar surface area (TPSA) is 46.3 Å². The summed E-state index contributed by atoms with van der Waals surface area (Å²) in [6.45, 7) is 2.19. The van der Waals surface area contributed by atoms with Crippen molar-refractivity contribution in [2.24, 2.45) is 5.73 Å². The van der Waals surface area contributed by atoms with E-state index in [0.29, 0.717) is 32.9 Å². The Bertz CT molecular complexity index is 674. The van der Waals surface area contributed by atoms with Crippen LogP contribution < -0.4 is 10.6 Å². The molecule has 6 heteroatoms. The number of amides is 1. The van der Waals surface area contributed by atoms with Crippen molar-refractivity contribution in [2.75, 3.05) is 11.4 Å². The lowest BCUT2D eigenvalue weighted by Crippen LogP contribution is -2.43. The number of benzene rings is 2. The van der Waals surface area contributed by atoms with E-state index >= 15 is 0 Å². The first-order valence-electron chi connectivity index (χ1n) is 6.68. The Morgan fingerprint density at radius 3 is 2.23 bits per heavy atom. The van der Waals surface area contributed by atoms with E-state index in [1.807, 2.05) is 6.92 Å². The van der Waals surface area contributed by atoms with Gasteiger partial charge in [0.15, 0.2) is 0 Å². The molecule has 0 heterocycles. The maximum atomic E-state index is 12.9. The van der Waals surface area contributed by atoms with Gasteiger partial charge in [-0.3, -0.25) is 4.79 Å². The van der Waals surface area contributed by atoms with Crippen molar-refractivity contribution >= 4 is 46.4 Å². The van der Waals surface area contributed by atoms with E-state index in [9.17, 15) is 4.79 Å². The molecule has 22 heavy (non-hydrogen) atoms. The fourth-order valence-corrected chi connectivity index (χ4v) is 2.69. The first-order chi connectivity index (χ1) is 10.4. The molecule has 0 fully saturated rings. The van der Waals surface area contributed by atoms with E-state index < -0.39 is 0 Å². The van der Waals surface area contributed by atoms with Crippen molar-refractivity contribution in [3.8, 4) is 0 Å². The molecule has 0 radical (unpaired) electrons. The Kier molecular flexibility index (Phi) is 5.70. The number of anilines is 1. The summed E-state index contributed by atoms with van der Waals surface area (Å²) in [5, 5.41) is 1.38. The third-order valence-corrected chi connectivity index (χ3v) is 4.07. The summed E-state index contributed by atoms with van der Waals surface area (Å²) in [6, 6.07) is 11.6. The highest BCUT2D eigenvalue weighted by atomic mass is 35.5. The Morgan fingerprint density at radius 1 is 1.09 bits per heavy atom. The van der Waals surface area contributed by atoms with E-state index in [1.54, 1.807) is 47.4 Å². The first-order valence-corrected chi connectivity index (χ1v) is 7.81. The number of halogens is 3. The van der Waals surface area contributed by atoms with Crippen molar-refractivity contribution in [3.05, 3.63) is 63.1 Å². The lowest BCUT2D eigenvalue weighted by Gasteiger charge is -2.29. The van der Waals surface area contributed by atoms with Crippen LogP contribution in [0.2, 0.25) is 15.1 Å². The molecule has 0 aliphatic heterocycles. The van der Waals surface area contributed by atoms with E-state index in [2.05, 4.69) is 0 Å². The lowest BCUT2D eigenvalue weighted by molar-refractivity contribution is 0.0979. The smallest absolute Gasteiger partial charge is 0.260 e. The van der Waals surface area contributed by atoms with Gasteiger partial charge < -0.3 is 10.6 Å². The minimum Gasteiger partial charge on any atom is -0.328 e. The Labute approximate surface area is 144 Å². The molecule has 0 spiro atoms. The maximum absolute atomic E-state index is 12.9. The molecule has 0 saturated carbocycles. The minimum atomic E-state index is -0.234. The SMILES string of the molecule is CC(CN)N(C(=O)c1ccc(Cl)cc1Cl)c1ccc(Cl)cc1. The van der Waals surface area contributed by atoms with Crippen molar-refractivity contribution in [3.63, 3.8) is 0 Å². The zero-order chi connectivity index (χ0) is 16.3. The summed E-state index contributed by atoms with van der Waals surface area (Å²) >= 11 is 17.9. The molecule has 0 aliphatic rings. The molecular formula is C16H15Cl3N2O. The van der Waals surface area contributed by atoms with Gasteiger partial charge in [-0.1, -0.05) is 34.8 Å². The van der Waals surface area contributed by atoms with E-state index in [-0.39, 0.29) is 11.9 Å². The van der Waals surface area contributed by atoms with Gasteiger partial charge >= 0.3 is 0 Å². The Hall–Kier alpha value is -1.26. The summed E-state index contributed by atoms with van der Waals surface area (Å²) in [6.07, 6.45) is 0. The van der Waals surface area contributed by atoms with Crippen LogP contribution in [0.25, 0.3) is 0 Å². The summed E-state index contributed by atoms with van der Waals surface area (Å²) in [7, 11) is 0. The van der Waals surface area contributed by atoms with Gasteiger partial charge in [0.25, 0.3) is 5.91 Å². The zero-order valence-corrected chi connectivity index (χ0v) is 14.2. The van der Waals surface area contributed by atoms with Crippen molar-refractivity contribution < 1.29 is 4.79 Å². The summed E-state index contributed by atoms with van der Waals surface area (Å²) in [5.41, 5.74) is 6.83. The summed E-state index contributed by atoms with van der Waals surface area (Å²) < 4.78 is 0. The van der Waals surface area contributed by atoms with Crippen LogP contribution in [0.4, 0.5) is 5.69 Å². The molecule has 2 rings (SSSR count). The summed E-state index contributed by atoms with van der Waals surface area (Å²) in [4.78, 5) is 14.5. The van der Waals surface area contributed by atoms with Gasteiger partial charge in [-0.25, -0.2) is 0 Å². The molecule has 3 nitrogen and oxygen atoms in total. The highest BCUT2D eigenvalue weighted by Crippen LogP contribution is 2.27. The molecular weight excluding hydrogens is 343 g/mol. The fourth-order valence-electron chi connectivity index (χ4n) is 2.07. The molecule has 1 atom stereocenters. The van der Waals surface area contributed by atoms with Gasteiger partial charge in [0.2, 0.25) is 0 Å². The molecule has 2 N–H and O–H groups in total. The highest BCUT2D eigenvalue weighted by molar-refractivity contribution is 6.37. The molecule has 2 aromatic carbocycles. The fraction of sp³-hybridized carbons (Fsp3) is 0.188. The number of hydrogen-bond acceptors (Lipinski definition) is 2. The van der Waals surface area contributed by atoms with Crippen LogP contribution in [-0.2, 0) is 0 Å². The third-order valence-electron chi connectivity index (χ3n) is 3.27. The monoisotopic (exact) mass is 356 g/mol. The highest BCUT2D eigenvalue weighted by Gasteiger charge is 2.24. The molecule has 0 saturated heterocycles. The van der Waals surface area contributed by atoms with E-state index in [4.69, 9.17) is 40.5 Å². The number of nitrogens with zero attached hydrogens (tertiary/aromatic N) is 1. The van der Waals surface area contributed by atoms with Crippen LogP contribution >= 0.6 is 34.8 Å². The quantitative estimate of drug-likeness (QED) is 0.866. The average molecular weight is 358 g/mol. The van der Waals surface area contributed by atoms with Crippen molar-refractivity contribution in [2.45, 2.75) is 13.0 Å². The normalized spacial score (nSPS) is 12.0. The van der Waals surface area contributed by atoms with Crippen LogP contribution in [0, 0.1) is 0 Å². The second-order valence-electron chi connectivity index (χ2n) is 4.86. The number of nitrogens with two attached hydrogens (primary N) is 1. The Morgan fingerprint density at radius 2 is 1.68 bits per heavy atom.